The van der Waals surface area contributed by atoms with Crippen LogP contribution in [-0.2, 0) is 17.9 Å². The fourth-order valence-corrected chi connectivity index (χ4v) is 4.46. The number of hydrogen-bond acceptors (Lipinski definition) is 6. The maximum atomic E-state index is 13.2. The van der Waals surface area contributed by atoms with Gasteiger partial charge in [0.15, 0.2) is 0 Å². The molecule has 38 heavy (non-hydrogen) atoms. The Morgan fingerprint density at radius 3 is 2.39 bits per heavy atom. The normalized spacial score (nSPS) is 15.7. The number of hydrogen-bond donors (Lipinski definition) is 1. The summed E-state index contributed by atoms with van der Waals surface area (Å²) in [4.78, 5) is 45.3. The smallest absolute Gasteiger partial charge is 0.446 e. The van der Waals surface area contributed by atoms with E-state index in [0.717, 1.165) is 10.5 Å². The molecule has 0 saturated carbocycles. The molecule has 1 unspecified atom stereocenters. The van der Waals surface area contributed by atoms with Gasteiger partial charge >= 0.3 is 11.5 Å². The van der Waals surface area contributed by atoms with Gasteiger partial charge in [0, 0.05) is 30.4 Å². The van der Waals surface area contributed by atoms with E-state index in [1.807, 2.05) is 12.1 Å². The number of amides is 4. The molecule has 2 heterocycles. The van der Waals surface area contributed by atoms with Crippen molar-refractivity contribution in [1.82, 2.24) is 15.2 Å². The molecule has 1 atom stereocenters. The molecule has 0 aliphatic carbocycles. The number of nitrogens with zero attached hydrogens (tertiary/aromatic N) is 3. The standard InChI is InChI=1S/C26H23F3N4O4S/c1-16-24(35)33(19-5-9-21(10-6-19)38-26(27,28)29)25(36)32(16)15-18-11-12-30-14-22(18)23(34)31-13-17-3-7-20(37-2)8-4-17/h3-12,14,16H,13,15H2,1-2H3,(H,31,34). The van der Waals surface area contributed by atoms with Gasteiger partial charge in [0.1, 0.15) is 11.8 Å². The summed E-state index contributed by atoms with van der Waals surface area (Å²) in [7, 11) is 1.56. The van der Waals surface area contributed by atoms with Crippen LogP contribution in [0.15, 0.2) is 71.9 Å². The van der Waals surface area contributed by atoms with Crippen LogP contribution in [-0.4, -0.2) is 46.4 Å². The van der Waals surface area contributed by atoms with Gasteiger partial charge in [0.25, 0.3) is 11.8 Å². The Labute approximate surface area is 220 Å². The van der Waals surface area contributed by atoms with Crippen molar-refractivity contribution in [2.24, 2.45) is 0 Å². The van der Waals surface area contributed by atoms with E-state index in [2.05, 4.69) is 10.3 Å². The van der Waals surface area contributed by atoms with Gasteiger partial charge < -0.3 is 15.0 Å². The van der Waals surface area contributed by atoms with Crippen LogP contribution in [0.4, 0.5) is 23.7 Å². The molecular formula is C26H23F3N4O4S. The highest BCUT2D eigenvalue weighted by molar-refractivity contribution is 8.00. The average Bonchev–Trinajstić information content (AvgIpc) is 3.10. The van der Waals surface area contributed by atoms with E-state index in [1.165, 1.54) is 41.6 Å². The summed E-state index contributed by atoms with van der Waals surface area (Å²) < 4.78 is 43.0. The Bertz CT molecular complexity index is 1330. The summed E-state index contributed by atoms with van der Waals surface area (Å²) in [6.45, 7) is 1.77. The molecule has 1 fully saturated rings. The number of halogens is 3. The zero-order valence-corrected chi connectivity index (χ0v) is 21.2. The van der Waals surface area contributed by atoms with Crippen LogP contribution >= 0.6 is 11.8 Å². The maximum Gasteiger partial charge on any atom is 0.446 e. The minimum atomic E-state index is -4.45. The van der Waals surface area contributed by atoms with Crippen molar-refractivity contribution in [2.75, 3.05) is 12.0 Å². The first-order valence-corrected chi connectivity index (χ1v) is 12.2. The van der Waals surface area contributed by atoms with Crippen molar-refractivity contribution >= 4 is 35.3 Å². The summed E-state index contributed by atoms with van der Waals surface area (Å²) in [5.74, 6) is -0.228. The predicted octanol–water partition coefficient (Wildman–Crippen LogP) is 4.99. The van der Waals surface area contributed by atoms with Crippen molar-refractivity contribution in [3.05, 3.63) is 83.7 Å². The SMILES string of the molecule is COc1ccc(CNC(=O)c2cnccc2CN2C(=O)N(c3ccc(SC(F)(F)F)cc3)C(=O)C2C)cc1. The van der Waals surface area contributed by atoms with Gasteiger partial charge in [0.05, 0.1) is 18.4 Å². The third kappa shape index (κ3) is 6.08. The molecule has 4 rings (SSSR count). The second-order valence-electron chi connectivity index (χ2n) is 8.37. The van der Waals surface area contributed by atoms with Crippen molar-refractivity contribution < 1.29 is 32.3 Å². The fraction of sp³-hybridized carbons (Fsp3) is 0.231. The summed E-state index contributed by atoms with van der Waals surface area (Å²) in [5, 5.41) is 2.82. The van der Waals surface area contributed by atoms with Gasteiger partial charge in [0.2, 0.25) is 0 Å². The van der Waals surface area contributed by atoms with Gasteiger partial charge in [-0.3, -0.25) is 14.6 Å². The van der Waals surface area contributed by atoms with Gasteiger partial charge in [-0.2, -0.15) is 13.2 Å². The van der Waals surface area contributed by atoms with Crippen molar-refractivity contribution in [3.63, 3.8) is 0 Å². The molecule has 2 aromatic carbocycles. The van der Waals surface area contributed by atoms with Crippen molar-refractivity contribution in [3.8, 4) is 5.75 Å². The van der Waals surface area contributed by atoms with Crippen LogP contribution < -0.4 is 15.0 Å². The average molecular weight is 545 g/mol. The summed E-state index contributed by atoms with van der Waals surface area (Å²) in [6, 6.07) is 12.3. The fourth-order valence-electron chi connectivity index (χ4n) is 3.92. The summed E-state index contributed by atoms with van der Waals surface area (Å²) >= 11 is -0.283. The van der Waals surface area contributed by atoms with Crippen LogP contribution in [0.2, 0.25) is 0 Å². The Hall–Kier alpha value is -4.06. The third-order valence-corrected chi connectivity index (χ3v) is 6.66. The molecule has 0 bridgehead atoms. The number of alkyl halides is 3. The highest BCUT2D eigenvalue weighted by Crippen LogP contribution is 2.38. The minimum absolute atomic E-state index is 0.0436. The molecule has 4 amide bonds. The van der Waals surface area contributed by atoms with Crippen molar-refractivity contribution in [1.29, 1.82) is 0 Å². The van der Waals surface area contributed by atoms with E-state index in [9.17, 15) is 27.6 Å². The van der Waals surface area contributed by atoms with E-state index in [-0.39, 0.29) is 41.0 Å². The van der Waals surface area contributed by atoms with E-state index in [1.54, 1.807) is 32.2 Å². The number of ether oxygens (including phenoxy) is 1. The van der Waals surface area contributed by atoms with Gasteiger partial charge in [-0.15, -0.1) is 0 Å². The van der Waals surface area contributed by atoms with E-state index in [4.69, 9.17) is 4.74 Å². The Kier molecular flexibility index (Phi) is 7.91. The number of carbonyl (C=O) groups excluding carboxylic acids is 3. The largest absolute Gasteiger partial charge is 0.497 e. The molecule has 1 aliphatic heterocycles. The first kappa shape index (κ1) is 27.0. The highest BCUT2D eigenvalue weighted by atomic mass is 32.2. The lowest BCUT2D eigenvalue weighted by molar-refractivity contribution is -0.119. The lowest BCUT2D eigenvalue weighted by Crippen LogP contribution is -2.34. The second kappa shape index (κ2) is 11.1. The Morgan fingerprint density at radius 2 is 1.76 bits per heavy atom. The quantitative estimate of drug-likeness (QED) is 0.317. The Balaban J connectivity index is 1.47. The number of carbonyl (C=O) groups is 3. The van der Waals surface area contributed by atoms with Gasteiger partial charge in [-0.25, -0.2) is 9.69 Å². The number of aromatic nitrogens is 1. The zero-order valence-electron chi connectivity index (χ0n) is 20.4. The number of methoxy groups -OCH3 is 1. The summed E-state index contributed by atoms with van der Waals surface area (Å²) in [6.07, 6.45) is 2.87. The van der Waals surface area contributed by atoms with Crippen LogP contribution in [0.1, 0.15) is 28.4 Å². The zero-order chi connectivity index (χ0) is 27.4. The lowest BCUT2D eigenvalue weighted by atomic mass is 10.1. The maximum absolute atomic E-state index is 13.2. The Morgan fingerprint density at radius 1 is 1.08 bits per heavy atom. The number of imide groups is 1. The predicted molar refractivity (Wildman–Crippen MR) is 135 cm³/mol. The van der Waals surface area contributed by atoms with E-state index < -0.39 is 29.4 Å². The first-order chi connectivity index (χ1) is 18.1. The molecule has 12 heteroatoms. The molecule has 8 nitrogen and oxygen atoms in total. The number of benzene rings is 2. The van der Waals surface area contributed by atoms with E-state index in [0.29, 0.717) is 11.3 Å². The van der Waals surface area contributed by atoms with Crippen LogP contribution in [0.5, 0.6) is 5.75 Å². The first-order valence-electron chi connectivity index (χ1n) is 11.4. The number of rotatable bonds is 8. The van der Waals surface area contributed by atoms with Crippen molar-refractivity contribution in [2.45, 2.75) is 36.5 Å². The van der Waals surface area contributed by atoms with Gasteiger partial charge in [-0.1, -0.05) is 12.1 Å². The molecule has 1 saturated heterocycles. The molecule has 1 aromatic heterocycles. The van der Waals surface area contributed by atoms with Crippen LogP contribution in [0.25, 0.3) is 0 Å². The lowest BCUT2D eigenvalue weighted by Gasteiger charge is -2.21. The number of nitrogens with one attached hydrogen (secondary N) is 1. The molecule has 0 radical (unpaired) electrons. The summed E-state index contributed by atoms with van der Waals surface area (Å²) in [5.41, 5.74) is -2.70. The topological polar surface area (TPSA) is 91.8 Å². The van der Waals surface area contributed by atoms with Crippen LogP contribution in [0, 0.1) is 0 Å². The molecule has 198 valence electrons. The molecule has 0 spiro atoms. The second-order valence-corrected chi connectivity index (χ2v) is 9.50. The van der Waals surface area contributed by atoms with E-state index >= 15 is 0 Å². The number of urea groups is 1. The van der Waals surface area contributed by atoms with Crippen LogP contribution in [0.3, 0.4) is 0 Å². The van der Waals surface area contributed by atoms with Gasteiger partial charge in [-0.05, 0) is 72.3 Å². The molecule has 1 aliphatic rings. The number of anilines is 1. The minimum Gasteiger partial charge on any atom is -0.497 e. The molecular weight excluding hydrogens is 521 g/mol. The molecule has 3 aromatic rings. The monoisotopic (exact) mass is 544 g/mol. The number of thioether (sulfide) groups is 1. The molecule has 1 N–H and O–H groups in total. The highest BCUT2D eigenvalue weighted by Gasteiger charge is 2.43. The number of pyridine rings is 1. The third-order valence-electron chi connectivity index (χ3n) is 5.92.